The SMILES string of the molecule is CN(CCO)C(=O)C1CC1. The predicted octanol–water partition coefficient (Wildman–Crippen LogP) is -0.153. The molecule has 0 aliphatic heterocycles. The molecular weight excluding hydrogens is 130 g/mol. The molecule has 0 aromatic heterocycles. The first-order valence-electron chi connectivity index (χ1n) is 3.61. The maximum atomic E-state index is 11.1. The molecule has 0 spiro atoms. The number of amides is 1. The summed E-state index contributed by atoms with van der Waals surface area (Å²) in [5.74, 6) is 0.464. The molecule has 0 radical (unpaired) electrons. The Kier molecular flexibility index (Phi) is 2.27. The van der Waals surface area contributed by atoms with E-state index in [4.69, 9.17) is 5.11 Å². The molecule has 1 fully saturated rings. The van der Waals surface area contributed by atoms with Crippen LogP contribution in [-0.2, 0) is 4.79 Å². The number of carbonyl (C=O) groups is 1. The normalized spacial score (nSPS) is 17.0. The van der Waals surface area contributed by atoms with E-state index in [9.17, 15) is 4.79 Å². The third kappa shape index (κ3) is 1.70. The molecular formula is C7H13NO2. The molecule has 3 heteroatoms. The predicted molar refractivity (Wildman–Crippen MR) is 37.4 cm³/mol. The van der Waals surface area contributed by atoms with Gasteiger partial charge in [-0.15, -0.1) is 0 Å². The molecule has 3 nitrogen and oxygen atoms in total. The largest absolute Gasteiger partial charge is 0.395 e. The maximum absolute atomic E-state index is 11.1. The minimum absolute atomic E-state index is 0.0644. The standard InChI is InChI=1S/C7H13NO2/c1-8(4-5-9)7(10)6-2-3-6/h6,9H,2-5H2,1H3. The monoisotopic (exact) mass is 143 g/mol. The Labute approximate surface area is 60.6 Å². The molecule has 0 saturated heterocycles. The van der Waals surface area contributed by atoms with Crippen molar-refractivity contribution in [3.05, 3.63) is 0 Å². The van der Waals surface area contributed by atoms with Crippen molar-refractivity contribution in [3.63, 3.8) is 0 Å². The molecule has 0 unspecified atom stereocenters. The lowest BCUT2D eigenvalue weighted by Crippen LogP contribution is -2.30. The summed E-state index contributed by atoms with van der Waals surface area (Å²) < 4.78 is 0. The van der Waals surface area contributed by atoms with Crippen LogP contribution < -0.4 is 0 Å². The molecule has 1 saturated carbocycles. The topological polar surface area (TPSA) is 40.5 Å². The first kappa shape index (κ1) is 7.54. The summed E-state index contributed by atoms with van der Waals surface area (Å²) >= 11 is 0. The van der Waals surface area contributed by atoms with E-state index >= 15 is 0 Å². The van der Waals surface area contributed by atoms with Crippen LogP contribution in [-0.4, -0.2) is 36.1 Å². The van der Waals surface area contributed by atoms with Gasteiger partial charge in [0.15, 0.2) is 0 Å². The Morgan fingerprint density at radius 2 is 2.30 bits per heavy atom. The summed E-state index contributed by atoms with van der Waals surface area (Å²) in [5.41, 5.74) is 0. The Bertz CT molecular complexity index is 132. The van der Waals surface area contributed by atoms with E-state index in [0.29, 0.717) is 6.54 Å². The molecule has 58 valence electrons. The van der Waals surface area contributed by atoms with Crippen molar-refractivity contribution >= 4 is 5.91 Å². The second-order valence-corrected chi connectivity index (χ2v) is 2.76. The lowest BCUT2D eigenvalue weighted by molar-refractivity contribution is -0.131. The first-order chi connectivity index (χ1) is 4.75. The van der Waals surface area contributed by atoms with E-state index in [2.05, 4.69) is 0 Å². The summed E-state index contributed by atoms with van der Waals surface area (Å²) in [6.07, 6.45) is 2.07. The highest BCUT2D eigenvalue weighted by Crippen LogP contribution is 2.30. The van der Waals surface area contributed by atoms with Gasteiger partial charge in [0.2, 0.25) is 5.91 Å². The van der Waals surface area contributed by atoms with Gasteiger partial charge < -0.3 is 10.0 Å². The Morgan fingerprint density at radius 1 is 1.70 bits per heavy atom. The Balaban J connectivity index is 2.24. The van der Waals surface area contributed by atoms with Crippen LogP contribution in [0, 0.1) is 5.92 Å². The van der Waals surface area contributed by atoms with E-state index in [1.807, 2.05) is 0 Å². The van der Waals surface area contributed by atoms with Crippen LogP contribution in [0.5, 0.6) is 0 Å². The van der Waals surface area contributed by atoms with E-state index in [-0.39, 0.29) is 18.4 Å². The summed E-state index contributed by atoms with van der Waals surface area (Å²) in [4.78, 5) is 12.7. The van der Waals surface area contributed by atoms with Gasteiger partial charge in [-0.1, -0.05) is 0 Å². The number of nitrogens with zero attached hydrogens (tertiary/aromatic N) is 1. The van der Waals surface area contributed by atoms with Crippen LogP contribution in [0.15, 0.2) is 0 Å². The number of hydrogen-bond acceptors (Lipinski definition) is 2. The molecule has 0 aromatic rings. The second kappa shape index (κ2) is 3.01. The highest BCUT2D eigenvalue weighted by atomic mass is 16.3. The van der Waals surface area contributed by atoms with Crippen molar-refractivity contribution in [2.75, 3.05) is 20.2 Å². The van der Waals surface area contributed by atoms with Crippen molar-refractivity contribution in [1.82, 2.24) is 4.90 Å². The minimum Gasteiger partial charge on any atom is -0.395 e. The Hall–Kier alpha value is -0.570. The molecule has 0 heterocycles. The van der Waals surface area contributed by atoms with E-state index in [1.54, 1.807) is 11.9 Å². The fourth-order valence-corrected chi connectivity index (χ4v) is 0.902. The third-order valence-corrected chi connectivity index (χ3v) is 1.74. The molecule has 1 amide bonds. The van der Waals surface area contributed by atoms with Crippen LogP contribution in [0.4, 0.5) is 0 Å². The number of carbonyl (C=O) groups excluding carboxylic acids is 1. The van der Waals surface area contributed by atoms with Gasteiger partial charge in [0.25, 0.3) is 0 Å². The van der Waals surface area contributed by atoms with E-state index in [0.717, 1.165) is 12.8 Å². The van der Waals surface area contributed by atoms with Gasteiger partial charge in [-0.3, -0.25) is 4.79 Å². The molecule has 1 N–H and O–H groups in total. The lowest BCUT2D eigenvalue weighted by atomic mass is 10.3. The third-order valence-electron chi connectivity index (χ3n) is 1.74. The molecule has 10 heavy (non-hydrogen) atoms. The van der Waals surface area contributed by atoms with Crippen LogP contribution in [0.25, 0.3) is 0 Å². The van der Waals surface area contributed by atoms with Crippen LogP contribution in [0.3, 0.4) is 0 Å². The van der Waals surface area contributed by atoms with E-state index < -0.39 is 0 Å². The molecule has 0 atom stereocenters. The van der Waals surface area contributed by atoms with Gasteiger partial charge in [0.05, 0.1) is 6.61 Å². The number of likely N-dealkylation sites (N-methyl/N-ethyl adjacent to an activating group) is 1. The van der Waals surface area contributed by atoms with Gasteiger partial charge in [0, 0.05) is 19.5 Å². The van der Waals surface area contributed by atoms with Gasteiger partial charge in [0.1, 0.15) is 0 Å². The van der Waals surface area contributed by atoms with Crippen molar-refractivity contribution in [3.8, 4) is 0 Å². The average molecular weight is 143 g/mol. The van der Waals surface area contributed by atoms with Crippen LogP contribution >= 0.6 is 0 Å². The molecule has 0 aromatic carbocycles. The fourth-order valence-electron chi connectivity index (χ4n) is 0.902. The number of hydrogen-bond donors (Lipinski definition) is 1. The number of rotatable bonds is 3. The highest BCUT2D eigenvalue weighted by molar-refractivity contribution is 5.80. The van der Waals surface area contributed by atoms with Crippen LogP contribution in [0.2, 0.25) is 0 Å². The smallest absolute Gasteiger partial charge is 0.225 e. The van der Waals surface area contributed by atoms with Crippen LogP contribution in [0.1, 0.15) is 12.8 Å². The summed E-state index contributed by atoms with van der Waals surface area (Å²) in [6, 6.07) is 0. The first-order valence-corrected chi connectivity index (χ1v) is 3.61. The summed E-state index contributed by atoms with van der Waals surface area (Å²) in [5, 5.41) is 8.49. The maximum Gasteiger partial charge on any atom is 0.225 e. The number of aliphatic hydroxyl groups excluding tert-OH is 1. The summed E-state index contributed by atoms with van der Waals surface area (Å²) in [7, 11) is 1.73. The minimum atomic E-state index is 0.0644. The quantitative estimate of drug-likeness (QED) is 0.596. The number of aliphatic hydroxyl groups is 1. The van der Waals surface area contributed by atoms with Crippen molar-refractivity contribution in [2.45, 2.75) is 12.8 Å². The van der Waals surface area contributed by atoms with Crippen molar-refractivity contribution in [1.29, 1.82) is 0 Å². The van der Waals surface area contributed by atoms with Gasteiger partial charge in [-0.2, -0.15) is 0 Å². The molecule has 1 rings (SSSR count). The second-order valence-electron chi connectivity index (χ2n) is 2.76. The molecule has 0 bridgehead atoms. The highest BCUT2D eigenvalue weighted by Gasteiger charge is 2.31. The van der Waals surface area contributed by atoms with Crippen molar-refractivity contribution < 1.29 is 9.90 Å². The zero-order valence-corrected chi connectivity index (χ0v) is 6.21. The molecule has 1 aliphatic rings. The van der Waals surface area contributed by atoms with E-state index in [1.165, 1.54) is 0 Å². The zero-order valence-electron chi connectivity index (χ0n) is 6.21. The lowest BCUT2D eigenvalue weighted by Gasteiger charge is -2.14. The van der Waals surface area contributed by atoms with Gasteiger partial charge in [-0.05, 0) is 12.8 Å². The summed E-state index contributed by atoms with van der Waals surface area (Å²) in [6.45, 7) is 0.532. The van der Waals surface area contributed by atoms with Gasteiger partial charge >= 0.3 is 0 Å². The molecule has 1 aliphatic carbocycles. The van der Waals surface area contributed by atoms with Gasteiger partial charge in [-0.25, -0.2) is 0 Å². The zero-order chi connectivity index (χ0) is 7.56. The van der Waals surface area contributed by atoms with Crippen molar-refractivity contribution in [2.24, 2.45) is 5.92 Å². The average Bonchev–Trinajstić information content (AvgIpc) is 2.68. The Morgan fingerprint density at radius 3 is 2.70 bits per heavy atom. The fraction of sp³-hybridized carbons (Fsp3) is 0.857.